The van der Waals surface area contributed by atoms with Crippen LogP contribution in [0.4, 0.5) is 0 Å². The lowest BCUT2D eigenvalue weighted by molar-refractivity contribution is 0.395. The van der Waals surface area contributed by atoms with Crippen LogP contribution in [0.25, 0.3) is 0 Å². The molecule has 2 atom stereocenters. The maximum absolute atomic E-state index is 5.67. The number of benzene rings is 2. The Morgan fingerprint density at radius 2 is 1.23 bits per heavy atom. The van der Waals surface area contributed by atoms with Crippen molar-refractivity contribution in [3.63, 3.8) is 0 Å². The Bertz CT molecular complexity index is 737. The minimum atomic E-state index is 0.311. The average Bonchev–Trinajstić information content (AvgIpc) is 3.06. The maximum Gasteiger partial charge on any atom is 0.123 e. The molecule has 4 rings (SSSR count). The van der Waals surface area contributed by atoms with Crippen LogP contribution in [0.3, 0.4) is 0 Å². The summed E-state index contributed by atoms with van der Waals surface area (Å²) >= 11 is 0. The quantitative estimate of drug-likeness (QED) is 0.751. The molecule has 0 spiro atoms. The van der Waals surface area contributed by atoms with Gasteiger partial charge in [0.15, 0.2) is 0 Å². The van der Waals surface area contributed by atoms with Gasteiger partial charge in [0.25, 0.3) is 0 Å². The standard InChI is InChI=1S/C20H20O2/c1-11(2)16-17-12-7-5-6-8-13(12)18(16)20-15(22-4)10-9-14(21-3)19(17)20/h5-10,17-18H,1-4H3/t17-,18-/m1/s1. The van der Waals surface area contributed by atoms with Crippen molar-refractivity contribution < 1.29 is 9.47 Å². The van der Waals surface area contributed by atoms with Gasteiger partial charge in [-0.1, -0.05) is 29.8 Å². The molecule has 0 amide bonds. The normalized spacial score (nSPS) is 20.6. The lowest BCUT2D eigenvalue weighted by atomic mass is 9.85. The van der Waals surface area contributed by atoms with Crippen molar-refractivity contribution in [3.8, 4) is 11.5 Å². The van der Waals surface area contributed by atoms with Gasteiger partial charge in [-0.3, -0.25) is 0 Å². The highest BCUT2D eigenvalue weighted by Gasteiger charge is 2.49. The van der Waals surface area contributed by atoms with Crippen molar-refractivity contribution in [1.29, 1.82) is 0 Å². The number of fused-ring (bicyclic) bond motifs is 8. The zero-order chi connectivity index (χ0) is 15.4. The molecule has 0 saturated heterocycles. The number of hydrogen-bond donors (Lipinski definition) is 0. The van der Waals surface area contributed by atoms with Gasteiger partial charge in [0.2, 0.25) is 0 Å². The van der Waals surface area contributed by atoms with Crippen LogP contribution in [0.1, 0.15) is 47.9 Å². The molecule has 0 unspecified atom stereocenters. The number of allylic oxidation sites excluding steroid dienone is 2. The molecule has 2 aliphatic rings. The summed E-state index contributed by atoms with van der Waals surface area (Å²) in [6.07, 6.45) is 0. The lowest BCUT2D eigenvalue weighted by Crippen LogP contribution is -2.06. The topological polar surface area (TPSA) is 18.5 Å². The summed E-state index contributed by atoms with van der Waals surface area (Å²) in [4.78, 5) is 0. The third kappa shape index (κ3) is 1.50. The van der Waals surface area contributed by atoms with Gasteiger partial charge in [0, 0.05) is 23.0 Å². The Morgan fingerprint density at radius 1 is 0.773 bits per heavy atom. The van der Waals surface area contributed by atoms with E-state index in [1.807, 2.05) is 12.1 Å². The summed E-state index contributed by atoms with van der Waals surface area (Å²) in [6, 6.07) is 12.8. The Labute approximate surface area is 131 Å². The van der Waals surface area contributed by atoms with Crippen LogP contribution in [-0.4, -0.2) is 14.2 Å². The molecule has 2 aromatic rings. The Hall–Kier alpha value is -2.22. The number of methoxy groups -OCH3 is 2. The molecule has 0 aromatic heterocycles. The monoisotopic (exact) mass is 292 g/mol. The van der Waals surface area contributed by atoms with Crippen LogP contribution in [0.15, 0.2) is 47.5 Å². The lowest BCUT2D eigenvalue weighted by Gasteiger charge is -2.22. The summed E-state index contributed by atoms with van der Waals surface area (Å²) < 4.78 is 11.3. The van der Waals surface area contributed by atoms with Crippen molar-refractivity contribution in [1.82, 2.24) is 0 Å². The first-order valence-corrected chi connectivity index (χ1v) is 7.69. The first-order valence-electron chi connectivity index (χ1n) is 7.69. The highest BCUT2D eigenvalue weighted by molar-refractivity contribution is 5.74. The zero-order valence-corrected chi connectivity index (χ0v) is 13.4. The minimum Gasteiger partial charge on any atom is -0.496 e. The van der Waals surface area contributed by atoms with E-state index in [1.54, 1.807) is 14.2 Å². The third-order valence-electron chi connectivity index (χ3n) is 5.04. The van der Waals surface area contributed by atoms with E-state index in [-0.39, 0.29) is 0 Å². The molecule has 2 aliphatic carbocycles. The highest BCUT2D eigenvalue weighted by Crippen LogP contribution is 2.64. The van der Waals surface area contributed by atoms with Gasteiger partial charge in [-0.15, -0.1) is 0 Å². The van der Waals surface area contributed by atoms with Gasteiger partial charge in [-0.2, -0.15) is 0 Å². The van der Waals surface area contributed by atoms with Crippen molar-refractivity contribution in [2.24, 2.45) is 0 Å². The molecule has 0 aliphatic heterocycles. The second-order valence-electron chi connectivity index (χ2n) is 6.25. The van der Waals surface area contributed by atoms with Crippen LogP contribution >= 0.6 is 0 Å². The van der Waals surface area contributed by atoms with Gasteiger partial charge >= 0.3 is 0 Å². The van der Waals surface area contributed by atoms with E-state index < -0.39 is 0 Å². The van der Waals surface area contributed by atoms with Crippen LogP contribution < -0.4 is 9.47 Å². The first-order chi connectivity index (χ1) is 10.7. The molecular weight excluding hydrogens is 272 g/mol. The summed E-state index contributed by atoms with van der Waals surface area (Å²) in [5.74, 6) is 2.56. The van der Waals surface area contributed by atoms with E-state index in [1.165, 1.54) is 33.4 Å². The summed E-state index contributed by atoms with van der Waals surface area (Å²) in [7, 11) is 3.50. The summed E-state index contributed by atoms with van der Waals surface area (Å²) in [6.45, 7) is 4.43. The predicted octanol–water partition coefficient (Wildman–Crippen LogP) is 4.63. The first kappa shape index (κ1) is 13.4. The summed E-state index contributed by atoms with van der Waals surface area (Å²) in [5.41, 5.74) is 8.32. The van der Waals surface area contributed by atoms with Crippen LogP contribution in [0.2, 0.25) is 0 Å². The molecule has 0 fully saturated rings. The van der Waals surface area contributed by atoms with E-state index in [2.05, 4.69) is 38.1 Å². The molecular formula is C20H20O2. The molecule has 0 heterocycles. The fraction of sp³-hybridized carbons (Fsp3) is 0.300. The van der Waals surface area contributed by atoms with Crippen molar-refractivity contribution >= 4 is 0 Å². The second kappa shape index (κ2) is 4.64. The molecule has 2 heteroatoms. The van der Waals surface area contributed by atoms with Crippen LogP contribution in [0.5, 0.6) is 11.5 Å². The van der Waals surface area contributed by atoms with Gasteiger partial charge in [0.1, 0.15) is 11.5 Å². The molecule has 2 aromatic carbocycles. The number of rotatable bonds is 2. The average molecular weight is 292 g/mol. The molecule has 112 valence electrons. The predicted molar refractivity (Wildman–Crippen MR) is 88.0 cm³/mol. The fourth-order valence-electron chi connectivity index (χ4n) is 4.29. The number of ether oxygens (including phenoxy) is 2. The van der Waals surface area contributed by atoms with Crippen molar-refractivity contribution in [2.45, 2.75) is 25.7 Å². The van der Waals surface area contributed by atoms with Gasteiger partial charge < -0.3 is 9.47 Å². The van der Waals surface area contributed by atoms with E-state index in [0.717, 1.165) is 11.5 Å². The maximum atomic E-state index is 5.67. The largest absolute Gasteiger partial charge is 0.496 e. The Balaban J connectivity index is 2.10. The van der Waals surface area contributed by atoms with Crippen molar-refractivity contribution in [3.05, 3.63) is 69.8 Å². The second-order valence-corrected chi connectivity index (χ2v) is 6.25. The van der Waals surface area contributed by atoms with Crippen molar-refractivity contribution in [2.75, 3.05) is 14.2 Å². The summed E-state index contributed by atoms with van der Waals surface area (Å²) in [5, 5.41) is 0. The molecule has 0 N–H and O–H groups in total. The van der Waals surface area contributed by atoms with Crippen LogP contribution in [0, 0.1) is 0 Å². The van der Waals surface area contributed by atoms with Gasteiger partial charge in [-0.25, -0.2) is 0 Å². The molecule has 0 radical (unpaired) electrons. The fourth-order valence-corrected chi connectivity index (χ4v) is 4.29. The zero-order valence-electron chi connectivity index (χ0n) is 13.4. The van der Waals surface area contributed by atoms with E-state index in [9.17, 15) is 0 Å². The molecule has 2 nitrogen and oxygen atoms in total. The minimum absolute atomic E-state index is 0.311. The third-order valence-corrected chi connectivity index (χ3v) is 5.04. The van der Waals surface area contributed by atoms with Crippen LogP contribution in [-0.2, 0) is 0 Å². The molecule has 22 heavy (non-hydrogen) atoms. The van der Waals surface area contributed by atoms with E-state index in [4.69, 9.17) is 9.47 Å². The number of hydrogen-bond acceptors (Lipinski definition) is 2. The van der Waals surface area contributed by atoms with Gasteiger partial charge in [-0.05, 0) is 42.7 Å². The molecule has 0 saturated carbocycles. The Morgan fingerprint density at radius 3 is 1.59 bits per heavy atom. The van der Waals surface area contributed by atoms with E-state index in [0.29, 0.717) is 11.8 Å². The van der Waals surface area contributed by atoms with Gasteiger partial charge in [0.05, 0.1) is 14.2 Å². The molecule has 2 bridgehead atoms. The highest BCUT2D eigenvalue weighted by atomic mass is 16.5. The Kier molecular flexibility index (Phi) is 2.83. The SMILES string of the molecule is COc1ccc(OC)c2c1[C@H]1C(=C(C)C)[C@H]2c2ccccc21. The smallest absolute Gasteiger partial charge is 0.123 e. The van der Waals surface area contributed by atoms with E-state index >= 15 is 0 Å².